The highest BCUT2D eigenvalue weighted by molar-refractivity contribution is 6.33. The summed E-state index contributed by atoms with van der Waals surface area (Å²) < 4.78 is 0. The molecule has 0 aliphatic carbocycles. The summed E-state index contributed by atoms with van der Waals surface area (Å²) in [6.45, 7) is 5.53. The molecule has 0 aromatic heterocycles. The molecule has 3 heterocycles. The summed E-state index contributed by atoms with van der Waals surface area (Å²) >= 11 is 6.36. The number of piperazine rings is 1. The minimum atomic E-state index is -0.565. The first-order valence-corrected chi connectivity index (χ1v) is 12.9. The number of carbonyl (C=O) groups excluding carboxylic acids is 3. The Labute approximate surface area is 211 Å². The number of nitrogens with zero attached hydrogens (tertiary/aromatic N) is 3. The third-order valence-corrected chi connectivity index (χ3v) is 7.73. The summed E-state index contributed by atoms with van der Waals surface area (Å²) in [5.41, 5.74) is 4.04. The number of benzene rings is 2. The summed E-state index contributed by atoms with van der Waals surface area (Å²) in [6, 6.07) is 13.4. The quantitative estimate of drug-likeness (QED) is 0.472. The van der Waals surface area contributed by atoms with Crippen molar-refractivity contribution < 1.29 is 14.4 Å². The van der Waals surface area contributed by atoms with Gasteiger partial charge in [0.1, 0.15) is 6.04 Å². The number of anilines is 1. The van der Waals surface area contributed by atoms with Crippen LogP contribution in [0.2, 0.25) is 5.02 Å². The van der Waals surface area contributed by atoms with E-state index in [2.05, 4.69) is 27.2 Å². The molecule has 2 fully saturated rings. The number of fused-ring (bicyclic) bond motifs is 1. The Balaban J connectivity index is 1.11. The molecule has 3 aliphatic heterocycles. The number of rotatable bonds is 7. The fourth-order valence-electron chi connectivity index (χ4n) is 5.46. The second kappa shape index (κ2) is 10.4. The van der Waals surface area contributed by atoms with Crippen molar-refractivity contribution in [3.05, 3.63) is 64.2 Å². The summed E-state index contributed by atoms with van der Waals surface area (Å²) in [5, 5.41) is 3.18. The minimum absolute atomic E-state index is 0.104. The van der Waals surface area contributed by atoms with Crippen molar-refractivity contribution in [3.8, 4) is 0 Å². The highest BCUT2D eigenvalue weighted by Gasteiger charge is 2.39. The average Bonchev–Trinajstić information content (AvgIpc) is 3.19. The van der Waals surface area contributed by atoms with Gasteiger partial charge in [0.2, 0.25) is 11.8 Å². The monoisotopic (exact) mass is 494 g/mol. The fourth-order valence-corrected chi connectivity index (χ4v) is 5.71. The lowest BCUT2D eigenvalue weighted by atomic mass is 9.98. The van der Waals surface area contributed by atoms with Crippen LogP contribution in [0.4, 0.5) is 5.69 Å². The van der Waals surface area contributed by atoms with E-state index < -0.39 is 6.04 Å². The molecule has 3 aliphatic rings. The van der Waals surface area contributed by atoms with Crippen LogP contribution in [0.1, 0.15) is 47.2 Å². The zero-order valence-corrected chi connectivity index (χ0v) is 20.6. The molecule has 2 saturated heterocycles. The van der Waals surface area contributed by atoms with Crippen LogP contribution in [-0.4, -0.2) is 66.3 Å². The van der Waals surface area contributed by atoms with Gasteiger partial charge in [-0.05, 0) is 61.6 Å². The van der Waals surface area contributed by atoms with E-state index in [-0.39, 0.29) is 24.1 Å². The van der Waals surface area contributed by atoms with Crippen molar-refractivity contribution in [1.82, 2.24) is 15.1 Å². The first-order chi connectivity index (χ1) is 17.0. The lowest BCUT2D eigenvalue weighted by Gasteiger charge is -2.36. The number of hydrogen-bond donors (Lipinski definition) is 1. The topological polar surface area (TPSA) is 73.0 Å². The summed E-state index contributed by atoms with van der Waals surface area (Å²) in [4.78, 5) is 43.3. The van der Waals surface area contributed by atoms with Gasteiger partial charge < -0.3 is 9.80 Å². The third kappa shape index (κ3) is 5.07. The molecule has 0 spiro atoms. The number of imide groups is 1. The number of para-hydroxylation sites is 1. The van der Waals surface area contributed by atoms with E-state index in [9.17, 15) is 14.4 Å². The molecule has 2 aromatic rings. The molecule has 0 saturated carbocycles. The maximum Gasteiger partial charge on any atom is 0.255 e. The molecule has 2 aromatic carbocycles. The Morgan fingerprint density at radius 1 is 0.943 bits per heavy atom. The van der Waals surface area contributed by atoms with E-state index >= 15 is 0 Å². The van der Waals surface area contributed by atoms with Crippen LogP contribution in [0.15, 0.2) is 42.5 Å². The lowest BCUT2D eigenvalue weighted by molar-refractivity contribution is -0.136. The zero-order valence-electron chi connectivity index (χ0n) is 19.8. The zero-order chi connectivity index (χ0) is 24.4. The van der Waals surface area contributed by atoms with Crippen molar-refractivity contribution in [2.24, 2.45) is 0 Å². The Kier molecular flexibility index (Phi) is 7.07. The lowest BCUT2D eigenvalue weighted by Crippen LogP contribution is -2.52. The number of hydrogen-bond acceptors (Lipinski definition) is 5. The van der Waals surface area contributed by atoms with E-state index in [1.165, 1.54) is 5.56 Å². The Bertz CT molecular complexity index is 1130. The van der Waals surface area contributed by atoms with E-state index in [4.69, 9.17) is 11.6 Å². The number of nitrogens with one attached hydrogen (secondary N) is 1. The van der Waals surface area contributed by atoms with Crippen LogP contribution in [0.25, 0.3) is 0 Å². The molecule has 1 atom stereocenters. The largest absolute Gasteiger partial charge is 0.368 e. The second-order valence-corrected chi connectivity index (χ2v) is 9.99. The molecular weight excluding hydrogens is 464 g/mol. The van der Waals surface area contributed by atoms with Crippen molar-refractivity contribution in [2.75, 3.05) is 37.6 Å². The molecule has 0 radical (unpaired) electrons. The van der Waals surface area contributed by atoms with E-state index in [0.717, 1.165) is 68.3 Å². The maximum atomic E-state index is 13.0. The number of unbranched alkanes of at least 4 members (excludes halogenated alkanes) is 1. The van der Waals surface area contributed by atoms with Gasteiger partial charge in [-0.15, -0.1) is 0 Å². The number of halogens is 1. The predicted molar refractivity (Wildman–Crippen MR) is 136 cm³/mol. The van der Waals surface area contributed by atoms with Crippen LogP contribution in [-0.2, 0) is 22.6 Å². The number of amides is 3. The molecule has 8 heteroatoms. The molecule has 3 amide bonds. The third-order valence-electron chi connectivity index (χ3n) is 7.41. The van der Waals surface area contributed by atoms with Crippen LogP contribution in [0.3, 0.4) is 0 Å². The predicted octanol–water partition coefficient (Wildman–Crippen LogP) is 3.25. The van der Waals surface area contributed by atoms with Gasteiger partial charge in [-0.2, -0.15) is 0 Å². The number of aryl methyl sites for hydroxylation is 1. The SMILES string of the molecule is O=C1CCC(N2Cc3c(CCCCN4CCN(c5ccccc5Cl)CC4)cccc3C2=O)C(=O)N1. The highest BCUT2D eigenvalue weighted by Crippen LogP contribution is 2.31. The van der Waals surface area contributed by atoms with Gasteiger partial charge in [0.15, 0.2) is 0 Å². The first-order valence-electron chi connectivity index (χ1n) is 12.5. The fraction of sp³-hybridized carbons (Fsp3) is 0.444. The highest BCUT2D eigenvalue weighted by atomic mass is 35.5. The van der Waals surface area contributed by atoms with Crippen LogP contribution < -0.4 is 10.2 Å². The van der Waals surface area contributed by atoms with Gasteiger partial charge in [-0.25, -0.2) is 0 Å². The molecule has 0 bridgehead atoms. The molecular formula is C27H31ClN4O3. The van der Waals surface area contributed by atoms with Crippen molar-refractivity contribution in [1.29, 1.82) is 0 Å². The number of piperidine rings is 1. The summed E-state index contributed by atoms with van der Waals surface area (Å²) in [7, 11) is 0. The van der Waals surface area contributed by atoms with Gasteiger partial charge in [0, 0.05) is 44.7 Å². The summed E-state index contributed by atoms with van der Waals surface area (Å²) in [6.07, 6.45) is 3.73. The maximum absolute atomic E-state index is 13.0. The van der Waals surface area contributed by atoms with Crippen LogP contribution in [0, 0.1) is 0 Å². The van der Waals surface area contributed by atoms with Gasteiger partial charge in [-0.3, -0.25) is 24.6 Å². The van der Waals surface area contributed by atoms with Gasteiger partial charge in [-0.1, -0.05) is 35.9 Å². The standard InChI is InChI=1S/C27H31ClN4O3/c28-22-9-1-2-10-23(22)31-16-14-30(15-17-31)13-4-3-6-19-7-5-8-20-21(19)18-32(27(20)35)24-11-12-25(33)29-26(24)34/h1-2,5,7-10,24H,3-4,6,11-18H2,(H,29,33,34). The molecule has 184 valence electrons. The van der Waals surface area contributed by atoms with Gasteiger partial charge in [0.25, 0.3) is 5.91 Å². The molecule has 1 unspecified atom stereocenters. The van der Waals surface area contributed by atoms with Crippen LogP contribution >= 0.6 is 11.6 Å². The van der Waals surface area contributed by atoms with Crippen molar-refractivity contribution in [3.63, 3.8) is 0 Å². The average molecular weight is 495 g/mol. The van der Waals surface area contributed by atoms with Gasteiger partial charge >= 0.3 is 0 Å². The Hall–Kier alpha value is -2.90. The number of carbonyl (C=O) groups is 3. The summed E-state index contributed by atoms with van der Waals surface area (Å²) in [5.74, 6) is -0.729. The minimum Gasteiger partial charge on any atom is -0.368 e. The first kappa shape index (κ1) is 23.8. The van der Waals surface area contributed by atoms with Crippen LogP contribution in [0.5, 0.6) is 0 Å². The van der Waals surface area contributed by atoms with E-state index in [0.29, 0.717) is 18.5 Å². The smallest absolute Gasteiger partial charge is 0.255 e. The Morgan fingerprint density at radius 3 is 2.51 bits per heavy atom. The molecule has 35 heavy (non-hydrogen) atoms. The van der Waals surface area contributed by atoms with E-state index in [1.807, 2.05) is 30.3 Å². The van der Waals surface area contributed by atoms with Crippen molar-refractivity contribution >= 4 is 35.0 Å². The van der Waals surface area contributed by atoms with Crippen molar-refractivity contribution in [2.45, 2.75) is 44.7 Å². The molecule has 5 rings (SSSR count). The second-order valence-electron chi connectivity index (χ2n) is 9.58. The van der Waals surface area contributed by atoms with Gasteiger partial charge in [0.05, 0.1) is 10.7 Å². The normalized spacial score (nSPS) is 20.8. The molecule has 7 nitrogen and oxygen atoms in total. The van der Waals surface area contributed by atoms with E-state index in [1.54, 1.807) is 4.90 Å². The Morgan fingerprint density at radius 2 is 1.74 bits per heavy atom. The molecule has 1 N–H and O–H groups in total.